The average Bonchev–Trinajstić information content (AvgIpc) is 2.92. The fourth-order valence-corrected chi connectivity index (χ4v) is 4.00. The maximum absolute atomic E-state index is 11.3. The normalized spacial score (nSPS) is 15.2. The van der Waals surface area contributed by atoms with E-state index in [0.717, 1.165) is 45.0 Å². The van der Waals surface area contributed by atoms with Gasteiger partial charge in [-0.3, -0.25) is 9.59 Å². The highest BCUT2D eigenvalue weighted by Crippen LogP contribution is 2.28. The summed E-state index contributed by atoms with van der Waals surface area (Å²) < 4.78 is 2.11. The summed E-state index contributed by atoms with van der Waals surface area (Å²) in [5.74, 6) is 0.318. The zero-order valence-electron chi connectivity index (χ0n) is 12.4. The Hall–Kier alpha value is -1.46. The molecule has 1 N–H and O–H groups in total. The van der Waals surface area contributed by atoms with Crippen LogP contribution in [0, 0.1) is 0 Å². The van der Waals surface area contributed by atoms with E-state index in [2.05, 4.69) is 37.2 Å². The molecule has 5 heteroatoms. The Bertz CT molecular complexity index is 787. The van der Waals surface area contributed by atoms with Crippen LogP contribution >= 0.6 is 31.9 Å². The van der Waals surface area contributed by atoms with Crippen molar-refractivity contribution in [3.8, 4) is 0 Å². The van der Waals surface area contributed by atoms with Crippen molar-refractivity contribution in [2.75, 3.05) is 6.54 Å². The van der Waals surface area contributed by atoms with Gasteiger partial charge in [0, 0.05) is 33.0 Å². The molecule has 0 radical (unpaired) electrons. The van der Waals surface area contributed by atoms with Crippen molar-refractivity contribution in [1.82, 2.24) is 5.32 Å². The van der Waals surface area contributed by atoms with Crippen molar-refractivity contribution in [3.05, 3.63) is 67.6 Å². The minimum absolute atomic E-state index is 0.0394. The molecule has 3 nitrogen and oxygen atoms in total. The predicted molar refractivity (Wildman–Crippen MR) is 97.0 cm³/mol. The van der Waals surface area contributed by atoms with Gasteiger partial charge < -0.3 is 5.32 Å². The van der Waals surface area contributed by atoms with Crippen molar-refractivity contribution >= 4 is 43.6 Å². The van der Waals surface area contributed by atoms with Crippen LogP contribution in [0.3, 0.4) is 0 Å². The number of hydrogen-bond donors (Lipinski definition) is 1. The first-order valence-corrected chi connectivity index (χ1v) is 9.02. The number of halogens is 2. The number of ketones is 1. The van der Waals surface area contributed by atoms with E-state index >= 15 is 0 Å². The Kier molecular flexibility index (Phi) is 4.97. The van der Waals surface area contributed by atoms with Gasteiger partial charge in [-0.25, -0.2) is 0 Å². The number of hydrogen-bond acceptors (Lipinski definition) is 2. The molecule has 4 rings (SSSR count). The molecule has 2 aliphatic rings. The molecule has 2 aromatic rings. The van der Waals surface area contributed by atoms with Crippen LogP contribution in [0.1, 0.15) is 38.3 Å². The molecule has 23 heavy (non-hydrogen) atoms. The van der Waals surface area contributed by atoms with Crippen LogP contribution in [-0.2, 0) is 12.8 Å². The summed E-state index contributed by atoms with van der Waals surface area (Å²) in [6.07, 6.45) is 2.50. The standard InChI is InChI=1S/C9H8BrNO.C9H7BrO/c10-8-3-1-2-7-6(8)4-5-11-9(7)12;10-8-3-1-2-7-6(8)4-5-9(7)11/h1-3H,4-5H2,(H,11,12);1-3H,4-5H2. The van der Waals surface area contributed by atoms with Crippen LogP contribution in [0.5, 0.6) is 0 Å². The number of benzene rings is 2. The van der Waals surface area contributed by atoms with Gasteiger partial charge in [0.2, 0.25) is 0 Å². The third-order valence-corrected chi connectivity index (χ3v) is 5.53. The third kappa shape index (κ3) is 3.40. The van der Waals surface area contributed by atoms with Gasteiger partial charge in [-0.15, -0.1) is 0 Å². The van der Waals surface area contributed by atoms with Crippen LogP contribution in [0.15, 0.2) is 45.3 Å². The van der Waals surface area contributed by atoms with E-state index in [1.54, 1.807) is 0 Å². The molecule has 1 aliphatic carbocycles. The third-order valence-electron chi connectivity index (χ3n) is 4.05. The monoisotopic (exact) mass is 435 g/mol. The Morgan fingerprint density at radius 2 is 1.39 bits per heavy atom. The minimum atomic E-state index is 0.0394. The van der Waals surface area contributed by atoms with E-state index in [4.69, 9.17) is 0 Å². The maximum atomic E-state index is 11.3. The highest BCUT2D eigenvalue weighted by atomic mass is 79.9. The van der Waals surface area contributed by atoms with Crippen LogP contribution in [0.25, 0.3) is 0 Å². The number of fused-ring (bicyclic) bond motifs is 2. The lowest BCUT2D eigenvalue weighted by molar-refractivity contribution is 0.0944. The van der Waals surface area contributed by atoms with E-state index < -0.39 is 0 Å². The van der Waals surface area contributed by atoms with Crippen molar-refractivity contribution < 1.29 is 9.59 Å². The van der Waals surface area contributed by atoms with Gasteiger partial charge in [-0.1, -0.05) is 50.1 Å². The summed E-state index contributed by atoms with van der Waals surface area (Å²) in [6, 6.07) is 11.5. The first-order chi connectivity index (χ1) is 11.1. The molecule has 118 valence electrons. The SMILES string of the molecule is O=C1CCc2c(Br)cccc21.O=C1NCCc2c(Br)cccc21. The fourth-order valence-electron chi connectivity index (χ4n) is 2.87. The van der Waals surface area contributed by atoms with E-state index in [-0.39, 0.29) is 11.7 Å². The molecule has 0 spiro atoms. The number of carbonyl (C=O) groups excluding carboxylic acids is 2. The first kappa shape index (κ1) is 16.4. The number of nitrogens with one attached hydrogen (secondary N) is 1. The summed E-state index contributed by atoms with van der Waals surface area (Å²) in [7, 11) is 0. The Morgan fingerprint density at radius 1 is 0.783 bits per heavy atom. The van der Waals surface area contributed by atoms with Gasteiger partial charge in [0.25, 0.3) is 5.91 Å². The number of amides is 1. The molecule has 0 saturated heterocycles. The summed E-state index contributed by atoms with van der Waals surface area (Å²) >= 11 is 6.85. The summed E-state index contributed by atoms with van der Waals surface area (Å²) in [5.41, 5.74) is 4.01. The average molecular weight is 437 g/mol. The maximum Gasteiger partial charge on any atom is 0.251 e. The lowest BCUT2D eigenvalue weighted by Gasteiger charge is -2.16. The van der Waals surface area contributed by atoms with Crippen LogP contribution in [0.2, 0.25) is 0 Å². The second-order valence-electron chi connectivity index (χ2n) is 5.46. The topological polar surface area (TPSA) is 46.2 Å². The van der Waals surface area contributed by atoms with Crippen molar-refractivity contribution in [2.45, 2.75) is 19.3 Å². The smallest absolute Gasteiger partial charge is 0.251 e. The van der Waals surface area contributed by atoms with E-state index in [1.165, 1.54) is 5.56 Å². The molecular formula is C18H15Br2NO2. The van der Waals surface area contributed by atoms with Crippen LogP contribution in [0.4, 0.5) is 0 Å². The zero-order chi connectivity index (χ0) is 16.4. The van der Waals surface area contributed by atoms with Crippen molar-refractivity contribution in [3.63, 3.8) is 0 Å². The molecule has 0 saturated carbocycles. The zero-order valence-corrected chi connectivity index (χ0v) is 15.5. The van der Waals surface area contributed by atoms with Crippen LogP contribution < -0.4 is 5.32 Å². The van der Waals surface area contributed by atoms with Crippen molar-refractivity contribution in [2.24, 2.45) is 0 Å². The molecule has 0 bridgehead atoms. The Morgan fingerprint density at radius 3 is 2.00 bits per heavy atom. The van der Waals surface area contributed by atoms with Gasteiger partial charge in [0.15, 0.2) is 5.78 Å². The Balaban J connectivity index is 0.000000136. The number of rotatable bonds is 0. The summed E-state index contributed by atoms with van der Waals surface area (Å²) in [6.45, 7) is 0.744. The lowest BCUT2D eigenvalue weighted by atomic mass is 10.0. The van der Waals surface area contributed by atoms with E-state index in [1.807, 2.05) is 36.4 Å². The minimum Gasteiger partial charge on any atom is -0.352 e. The molecule has 0 fully saturated rings. The molecule has 0 aromatic heterocycles. The van der Waals surface area contributed by atoms with E-state index in [9.17, 15) is 9.59 Å². The summed E-state index contributed by atoms with van der Waals surface area (Å²) in [4.78, 5) is 22.5. The lowest BCUT2D eigenvalue weighted by Crippen LogP contribution is -2.31. The largest absolute Gasteiger partial charge is 0.352 e. The fraction of sp³-hybridized carbons (Fsp3) is 0.222. The highest BCUT2D eigenvalue weighted by molar-refractivity contribution is 9.10. The Labute approximate surface area is 151 Å². The first-order valence-electron chi connectivity index (χ1n) is 7.44. The number of Topliss-reactive ketones (excluding diaryl/α,β-unsaturated/α-hetero) is 1. The molecule has 1 heterocycles. The predicted octanol–water partition coefficient (Wildman–Crippen LogP) is 4.31. The van der Waals surface area contributed by atoms with Gasteiger partial charge in [0.05, 0.1) is 0 Å². The van der Waals surface area contributed by atoms with Crippen LogP contribution in [-0.4, -0.2) is 18.2 Å². The highest BCUT2D eigenvalue weighted by Gasteiger charge is 2.20. The molecule has 0 atom stereocenters. The molecule has 2 aromatic carbocycles. The van der Waals surface area contributed by atoms with Crippen molar-refractivity contribution in [1.29, 1.82) is 0 Å². The molecule has 0 unspecified atom stereocenters. The second kappa shape index (κ2) is 6.97. The second-order valence-corrected chi connectivity index (χ2v) is 7.17. The van der Waals surface area contributed by atoms with E-state index in [0.29, 0.717) is 6.42 Å². The van der Waals surface area contributed by atoms with Gasteiger partial charge >= 0.3 is 0 Å². The molecule has 1 aliphatic heterocycles. The van der Waals surface area contributed by atoms with Gasteiger partial charge in [-0.05, 0) is 42.2 Å². The number of carbonyl (C=O) groups is 2. The molecular weight excluding hydrogens is 422 g/mol. The summed E-state index contributed by atoms with van der Waals surface area (Å²) in [5, 5.41) is 2.81. The quantitative estimate of drug-likeness (QED) is 0.668. The molecule has 1 amide bonds. The van der Waals surface area contributed by atoms with Gasteiger partial charge in [-0.2, -0.15) is 0 Å². The van der Waals surface area contributed by atoms with Gasteiger partial charge in [0.1, 0.15) is 0 Å².